The lowest BCUT2D eigenvalue weighted by molar-refractivity contribution is 0.669. The molecule has 1 aromatic heterocycles. The zero-order chi connectivity index (χ0) is 41.5. The van der Waals surface area contributed by atoms with Gasteiger partial charge in [0.1, 0.15) is 11.2 Å². The molecule has 2 aliphatic carbocycles. The van der Waals surface area contributed by atoms with Crippen LogP contribution in [0.4, 0.5) is 17.1 Å². The molecule has 0 radical (unpaired) electrons. The van der Waals surface area contributed by atoms with Crippen LogP contribution in [0.2, 0.25) is 0 Å². The molecule has 63 heavy (non-hydrogen) atoms. The van der Waals surface area contributed by atoms with Crippen molar-refractivity contribution >= 4 is 39.0 Å². The van der Waals surface area contributed by atoms with Crippen LogP contribution < -0.4 is 4.90 Å². The van der Waals surface area contributed by atoms with Crippen LogP contribution in [0.5, 0.6) is 0 Å². The molecule has 10 aromatic carbocycles. The summed E-state index contributed by atoms with van der Waals surface area (Å²) in [5.41, 5.74) is 22.1. The fraction of sp³-hybridized carbons (Fsp3) is 0.0164. The predicted octanol–water partition coefficient (Wildman–Crippen LogP) is 16.4. The van der Waals surface area contributed by atoms with E-state index in [1.165, 1.54) is 66.8 Å². The van der Waals surface area contributed by atoms with Crippen molar-refractivity contribution < 1.29 is 4.42 Å². The Morgan fingerprint density at radius 2 is 0.794 bits per heavy atom. The maximum atomic E-state index is 6.31. The maximum Gasteiger partial charge on any atom is 0.136 e. The average molecular weight is 802 g/mol. The Morgan fingerprint density at radius 1 is 0.302 bits per heavy atom. The number of fused-ring (bicyclic) bond motifs is 13. The Morgan fingerprint density at radius 3 is 1.52 bits per heavy atom. The van der Waals surface area contributed by atoms with E-state index in [9.17, 15) is 0 Å². The van der Waals surface area contributed by atoms with Crippen molar-refractivity contribution in [1.29, 1.82) is 0 Å². The summed E-state index contributed by atoms with van der Waals surface area (Å²) in [6.45, 7) is 0. The first-order valence-electron chi connectivity index (χ1n) is 21.7. The van der Waals surface area contributed by atoms with Crippen molar-refractivity contribution in [3.05, 3.63) is 259 Å². The third-order valence-electron chi connectivity index (χ3n) is 13.5. The number of benzene rings is 10. The second kappa shape index (κ2) is 13.9. The van der Waals surface area contributed by atoms with Gasteiger partial charge in [-0.1, -0.05) is 182 Å². The smallest absolute Gasteiger partial charge is 0.136 e. The number of anilines is 3. The number of hydrogen-bond acceptors (Lipinski definition) is 2. The van der Waals surface area contributed by atoms with E-state index in [4.69, 9.17) is 4.42 Å². The van der Waals surface area contributed by atoms with Crippen LogP contribution in [-0.2, 0) is 5.41 Å². The van der Waals surface area contributed by atoms with Crippen molar-refractivity contribution in [3.63, 3.8) is 0 Å². The quantitative estimate of drug-likeness (QED) is 0.167. The standard InChI is InChI=1S/C61H39NO/c1-3-14-40(15-4-1)42-26-32-46(33-27-42)62(47-34-28-43(29-35-47)45-31-37-51-50-19-9-12-25-58(50)63-59(51)39-45)57-24-13-23-55-60(57)52-20-8-11-22-54(52)61(55)53-21-10-7-18-48(53)49-36-30-44(38-56(49)61)41-16-5-2-6-17-41/h1-39H. The Balaban J connectivity index is 1.01. The van der Waals surface area contributed by atoms with Crippen LogP contribution in [0.3, 0.4) is 0 Å². The first-order chi connectivity index (χ1) is 31.2. The highest BCUT2D eigenvalue weighted by Crippen LogP contribution is 2.65. The van der Waals surface area contributed by atoms with Crippen molar-refractivity contribution in [2.45, 2.75) is 5.41 Å². The lowest BCUT2D eigenvalue weighted by atomic mass is 9.70. The van der Waals surface area contributed by atoms with Gasteiger partial charge in [0.25, 0.3) is 0 Å². The summed E-state index contributed by atoms with van der Waals surface area (Å²) >= 11 is 0. The molecule has 1 unspecified atom stereocenters. The molecule has 1 heterocycles. The summed E-state index contributed by atoms with van der Waals surface area (Å²) in [6.07, 6.45) is 0. The third kappa shape index (κ3) is 5.32. The highest BCUT2D eigenvalue weighted by molar-refractivity contribution is 6.06. The van der Waals surface area contributed by atoms with Crippen LogP contribution in [0.15, 0.2) is 241 Å². The van der Waals surface area contributed by atoms with Gasteiger partial charge in [-0.2, -0.15) is 0 Å². The van der Waals surface area contributed by atoms with Gasteiger partial charge in [-0.05, 0) is 127 Å². The van der Waals surface area contributed by atoms with E-state index in [1.54, 1.807) is 0 Å². The molecule has 0 aliphatic heterocycles. The number of rotatable bonds is 6. The third-order valence-corrected chi connectivity index (χ3v) is 13.5. The molecule has 1 spiro atoms. The Hall–Kier alpha value is -8.20. The minimum absolute atomic E-state index is 0.499. The summed E-state index contributed by atoms with van der Waals surface area (Å²) in [5.74, 6) is 0. The van der Waals surface area contributed by atoms with Gasteiger partial charge in [-0.25, -0.2) is 0 Å². The normalized spacial score (nSPS) is 14.4. The number of furan rings is 1. The first-order valence-corrected chi connectivity index (χ1v) is 21.7. The molecule has 0 saturated heterocycles. The van der Waals surface area contributed by atoms with E-state index in [-0.39, 0.29) is 0 Å². The summed E-state index contributed by atoms with van der Waals surface area (Å²) in [5, 5.41) is 2.28. The Bertz CT molecular complexity index is 3550. The molecule has 13 rings (SSSR count). The molecule has 2 heteroatoms. The molecule has 2 aliphatic rings. The Kier molecular flexibility index (Phi) is 7.85. The second-order valence-electron chi connectivity index (χ2n) is 16.8. The van der Waals surface area contributed by atoms with Crippen molar-refractivity contribution in [1.82, 2.24) is 0 Å². The number of hydrogen-bond donors (Lipinski definition) is 0. The van der Waals surface area contributed by atoms with Gasteiger partial charge in [-0.15, -0.1) is 0 Å². The van der Waals surface area contributed by atoms with E-state index in [0.717, 1.165) is 50.1 Å². The molecular formula is C61H39NO. The predicted molar refractivity (Wildman–Crippen MR) is 261 cm³/mol. The highest BCUT2D eigenvalue weighted by atomic mass is 16.3. The molecule has 0 saturated carbocycles. The minimum atomic E-state index is -0.499. The van der Waals surface area contributed by atoms with E-state index in [1.807, 2.05) is 12.1 Å². The topological polar surface area (TPSA) is 16.4 Å². The van der Waals surface area contributed by atoms with Gasteiger partial charge in [0.2, 0.25) is 0 Å². The fourth-order valence-corrected chi connectivity index (χ4v) is 10.7. The monoisotopic (exact) mass is 801 g/mol. The SMILES string of the molecule is c1ccc(-c2ccc(N(c3ccc(-c4ccc5c(c4)oc4ccccc45)cc3)c3cccc4c3-c3ccccc3C43c4ccccc4-c4ccc(-c5ccccc5)cc43)cc2)cc1. The average Bonchev–Trinajstić information content (AvgIpc) is 3.99. The number of nitrogens with zero attached hydrogens (tertiary/aromatic N) is 1. The molecule has 294 valence electrons. The van der Waals surface area contributed by atoms with E-state index < -0.39 is 5.41 Å². The largest absolute Gasteiger partial charge is 0.456 e. The van der Waals surface area contributed by atoms with Gasteiger partial charge in [-0.3, -0.25) is 0 Å². The first kappa shape index (κ1) is 35.5. The molecule has 0 N–H and O–H groups in total. The maximum absolute atomic E-state index is 6.31. The van der Waals surface area contributed by atoms with Gasteiger partial charge in [0.15, 0.2) is 0 Å². The molecule has 11 aromatic rings. The lowest BCUT2D eigenvalue weighted by Gasteiger charge is -2.32. The zero-order valence-corrected chi connectivity index (χ0v) is 34.4. The van der Waals surface area contributed by atoms with Crippen LogP contribution in [-0.4, -0.2) is 0 Å². The van der Waals surface area contributed by atoms with Crippen LogP contribution >= 0.6 is 0 Å². The molecule has 0 amide bonds. The second-order valence-corrected chi connectivity index (χ2v) is 16.8. The van der Waals surface area contributed by atoms with Crippen LogP contribution in [0.1, 0.15) is 22.3 Å². The Labute approximate surface area is 366 Å². The minimum Gasteiger partial charge on any atom is -0.456 e. The zero-order valence-electron chi connectivity index (χ0n) is 34.4. The summed E-state index contributed by atoms with van der Waals surface area (Å²) in [7, 11) is 0. The van der Waals surface area contributed by atoms with Crippen molar-refractivity contribution in [3.8, 4) is 55.6 Å². The van der Waals surface area contributed by atoms with Gasteiger partial charge in [0.05, 0.1) is 11.1 Å². The lowest BCUT2D eigenvalue weighted by Crippen LogP contribution is -2.26. The van der Waals surface area contributed by atoms with Crippen molar-refractivity contribution in [2.24, 2.45) is 0 Å². The van der Waals surface area contributed by atoms with Crippen molar-refractivity contribution in [2.75, 3.05) is 4.90 Å². The van der Waals surface area contributed by atoms with Gasteiger partial charge in [0, 0.05) is 27.7 Å². The van der Waals surface area contributed by atoms with Gasteiger partial charge >= 0.3 is 0 Å². The van der Waals surface area contributed by atoms with Crippen LogP contribution in [0.25, 0.3) is 77.6 Å². The summed E-state index contributed by atoms with van der Waals surface area (Å²) in [4.78, 5) is 2.46. The summed E-state index contributed by atoms with van der Waals surface area (Å²) in [6, 6.07) is 86.6. The number of para-hydroxylation sites is 1. The van der Waals surface area contributed by atoms with E-state index in [0.29, 0.717) is 0 Å². The fourth-order valence-electron chi connectivity index (χ4n) is 10.7. The highest BCUT2D eigenvalue weighted by Gasteiger charge is 2.52. The molecule has 0 fully saturated rings. The van der Waals surface area contributed by atoms with E-state index in [2.05, 4.69) is 229 Å². The summed E-state index contributed by atoms with van der Waals surface area (Å²) < 4.78 is 6.31. The van der Waals surface area contributed by atoms with Gasteiger partial charge < -0.3 is 9.32 Å². The molecule has 2 nitrogen and oxygen atoms in total. The van der Waals surface area contributed by atoms with Crippen LogP contribution in [0, 0.1) is 0 Å². The molecule has 1 atom stereocenters. The van der Waals surface area contributed by atoms with E-state index >= 15 is 0 Å². The molecular weight excluding hydrogens is 763 g/mol. The molecule has 0 bridgehead atoms.